The Labute approximate surface area is 127 Å². The van der Waals surface area contributed by atoms with E-state index in [1.807, 2.05) is 36.4 Å². The van der Waals surface area contributed by atoms with Crippen LogP contribution in [0, 0.1) is 0 Å². The lowest BCUT2D eigenvalue weighted by Crippen LogP contribution is -2.37. The molecule has 3 heteroatoms. The molecule has 0 saturated carbocycles. The summed E-state index contributed by atoms with van der Waals surface area (Å²) >= 11 is 0. The first-order valence-corrected chi connectivity index (χ1v) is 7.26. The molecule has 21 heavy (non-hydrogen) atoms. The zero-order chi connectivity index (χ0) is 15.2. The summed E-state index contributed by atoms with van der Waals surface area (Å²) in [6, 6.07) is 18.6. The SMILES string of the molecule is COc1ccccc1CN(C)C(C)C(N)c1ccccc1. The van der Waals surface area contributed by atoms with Crippen LogP contribution in [0.4, 0.5) is 0 Å². The minimum atomic E-state index is -0.00842. The van der Waals surface area contributed by atoms with Gasteiger partial charge in [-0.1, -0.05) is 48.5 Å². The number of hydrogen-bond donors (Lipinski definition) is 1. The van der Waals surface area contributed by atoms with Crippen LogP contribution in [0.2, 0.25) is 0 Å². The smallest absolute Gasteiger partial charge is 0.123 e. The zero-order valence-electron chi connectivity index (χ0n) is 13.0. The van der Waals surface area contributed by atoms with E-state index in [1.54, 1.807) is 7.11 Å². The van der Waals surface area contributed by atoms with Gasteiger partial charge in [0.15, 0.2) is 0 Å². The van der Waals surface area contributed by atoms with Gasteiger partial charge in [0.1, 0.15) is 5.75 Å². The van der Waals surface area contributed by atoms with E-state index >= 15 is 0 Å². The van der Waals surface area contributed by atoms with Gasteiger partial charge < -0.3 is 10.5 Å². The Kier molecular flexibility index (Phi) is 5.37. The molecule has 0 aromatic heterocycles. The summed E-state index contributed by atoms with van der Waals surface area (Å²) in [5, 5.41) is 0. The second-order valence-corrected chi connectivity index (χ2v) is 5.40. The van der Waals surface area contributed by atoms with Crippen LogP contribution in [-0.2, 0) is 6.54 Å². The lowest BCUT2D eigenvalue weighted by Gasteiger charge is -2.30. The third kappa shape index (κ3) is 3.84. The molecule has 0 heterocycles. The summed E-state index contributed by atoms with van der Waals surface area (Å²) in [5.41, 5.74) is 8.73. The summed E-state index contributed by atoms with van der Waals surface area (Å²) in [7, 11) is 3.80. The first-order valence-electron chi connectivity index (χ1n) is 7.26. The van der Waals surface area contributed by atoms with Crippen LogP contribution in [0.3, 0.4) is 0 Å². The van der Waals surface area contributed by atoms with Crippen LogP contribution >= 0.6 is 0 Å². The van der Waals surface area contributed by atoms with Crippen molar-refractivity contribution < 1.29 is 4.74 Å². The van der Waals surface area contributed by atoms with Crippen LogP contribution in [0.5, 0.6) is 5.75 Å². The van der Waals surface area contributed by atoms with Crippen molar-refractivity contribution >= 4 is 0 Å². The Balaban J connectivity index is 2.07. The number of rotatable bonds is 6. The fourth-order valence-corrected chi connectivity index (χ4v) is 2.47. The molecule has 0 saturated heterocycles. The molecule has 2 aromatic carbocycles. The van der Waals surface area contributed by atoms with Gasteiger partial charge in [-0.25, -0.2) is 0 Å². The van der Waals surface area contributed by atoms with Gasteiger partial charge in [0, 0.05) is 24.2 Å². The fourth-order valence-electron chi connectivity index (χ4n) is 2.47. The molecule has 0 amide bonds. The molecule has 0 aliphatic rings. The van der Waals surface area contributed by atoms with Crippen LogP contribution in [-0.4, -0.2) is 25.1 Å². The van der Waals surface area contributed by atoms with Gasteiger partial charge in [-0.05, 0) is 25.6 Å². The van der Waals surface area contributed by atoms with Gasteiger partial charge >= 0.3 is 0 Å². The molecule has 112 valence electrons. The third-order valence-corrected chi connectivity index (χ3v) is 4.01. The maximum absolute atomic E-state index is 6.39. The molecule has 0 fully saturated rings. The van der Waals surface area contributed by atoms with Gasteiger partial charge in [0.2, 0.25) is 0 Å². The van der Waals surface area contributed by atoms with Crippen molar-refractivity contribution in [1.82, 2.24) is 4.90 Å². The van der Waals surface area contributed by atoms with Gasteiger partial charge in [-0.2, -0.15) is 0 Å². The monoisotopic (exact) mass is 284 g/mol. The van der Waals surface area contributed by atoms with E-state index in [9.17, 15) is 0 Å². The molecule has 0 radical (unpaired) electrons. The Morgan fingerprint density at radius 1 is 1.05 bits per heavy atom. The highest BCUT2D eigenvalue weighted by Crippen LogP contribution is 2.23. The van der Waals surface area contributed by atoms with E-state index < -0.39 is 0 Å². The fraction of sp³-hybridized carbons (Fsp3) is 0.333. The summed E-state index contributed by atoms with van der Waals surface area (Å²) < 4.78 is 5.41. The molecule has 2 rings (SSSR count). The quantitative estimate of drug-likeness (QED) is 0.885. The van der Waals surface area contributed by atoms with Crippen LogP contribution in [0.1, 0.15) is 24.1 Å². The first-order chi connectivity index (χ1) is 10.1. The number of ether oxygens (including phenoxy) is 1. The van der Waals surface area contributed by atoms with Crippen molar-refractivity contribution in [1.29, 1.82) is 0 Å². The lowest BCUT2D eigenvalue weighted by molar-refractivity contribution is 0.216. The summed E-state index contributed by atoms with van der Waals surface area (Å²) in [5.74, 6) is 0.921. The average Bonchev–Trinajstić information content (AvgIpc) is 2.54. The second kappa shape index (κ2) is 7.25. The predicted octanol–water partition coefficient (Wildman–Crippen LogP) is 3.22. The Bertz CT molecular complexity index is 556. The number of nitrogens with zero attached hydrogens (tertiary/aromatic N) is 1. The molecular formula is C18H24N2O. The number of hydrogen-bond acceptors (Lipinski definition) is 3. The maximum atomic E-state index is 6.39. The minimum Gasteiger partial charge on any atom is -0.496 e. The van der Waals surface area contributed by atoms with E-state index in [0.717, 1.165) is 17.9 Å². The molecule has 0 bridgehead atoms. The second-order valence-electron chi connectivity index (χ2n) is 5.40. The predicted molar refractivity (Wildman–Crippen MR) is 87.3 cm³/mol. The zero-order valence-corrected chi connectivity index (χ0v) is 13.0. The number of likely N-dealkylation sites (N-methyl/N-ethyl adjacent to an activating group) is 1. The van der Waals surface area contributed by atoms with Gasteiger partial charge in [0.25, 0.3) is 0 Å². The van der Waals surface area contributed by atoms with Gasteiger partial charge in [-0.15, -0.1) is 0 Å². The van der Waals surface area contributed by atoms with Gasteiger partial charge in [-0.3, -0.25) is 4.90 Å². The number of methoxy groups -OCH3 is 1. The summed E-state index contributed by atoms with van der Waals surface area (Å²) in [6.45, 7) is 2.97. The van der Waals surface area contributed by atoms with Crippen molar-refractivity contribution in [2.45, 2.75) is 25.6 Å². The molecule has 2 aromatic rings. The topological polar surface area (TPSA) is 38.5 Å². The Morgan fingerprint density at radius 2 is 1.67 bits per heavy atom. The van der Waals surface area contributed by atoms with Crippen molar-refractivity contribution in [2.24, 2.45) is 5.73 Å². The van der Waals surface area contributed by atoms with Crippen molar-refractivity contribution in [3.8, 4) is 5.75 Å². The van der Waals surface area contributed by atoms with E-state index in [1.165, 1.54) is 5.56 Å². The summed E-state index contributed by atoms with van der Waals surface area (Å²) in [4.78, 5) is 2.26. The van der Waals surface area contributed by atoms with Crippen LogP contribution < -0.4 is 10.5 Å². The van der Waals surface area contributed by atoms with Crippen molar-refractivity contribution in [3.63, 3.8) is 0 Å². The Morgan fingerprint density at radius 3 is 2.33 bits per heavy atom. The van der Waals surface area contributed by atoms with E-state index in [0.29, 0.717) is 0 Å². The molecule has 2 atom stereocenters. The number of nitrogens with two attached hydrogens (primary N) is 1. The molecule has 0 spiro atoms. The molecule has 2 N–H and O–H groups in total. The summed E-state index contributed by atoms with van der Waals surface area (Å²) in [6.07, 6.45) is 0. The largest absolute Gasteiger partial charge is 0.496 e. The third-order valence-electron chi connectivity index (χ3n) is 4.01. The molecule has 2 unspecified atom stereocenters. The normalized spacial score (nSPS) is 14.0. The average molecular weight is 284 g/mol. The van der Waals surface area contributed by atoms with Crippen LogP contribution in [0.15, 0.2) is 54.6 Å². The highest BCUT2D eigenvalue weighted by atomic mass is 16.5. The van der Waals surface area contributed by atoms with E-state index in [4.69, 9.17) is 10.5 Å². The van der Waals surface area contributed by atoms with Crippen LogP contribution in [0.25, 0.3) is 0 Å². The van der Waals surface area contributed by atoms with E-state index in [2.05, 4.69) is 37.1 Å². The maximum Gasteiger partial charge on any atom is 0.123 e. The molecule has 0 aliphatic carbocycles. The first kappa shape index (κ1) is 15.5. The molecule has 0 aliphatic heterocycles. The van der Waals surface area contributed by atoms with Crippen molar-refractivity contribution in [2.75, 3.05) is 14.2 Å². The van der Waals surface area contributed by atoms with Crippen molar-refractivity contribution in [3.05, 3.63) is 65.7 Å². The standard InChI is InChI=1S/C18H24N2O/c1-14(18(19)15-9-5-4-6-10-15)20(2)13-16-11-7-8-12-17(16)21-3/h4-12,14,18H,13,19H2,1-3H3. The highest BCUT2D eigenvalue weighted by Gasteiger charge is 2.19. The highest BCUT2D eigenvalue weighted by molar-refractivity contribution is 5.33. The number of benzene rings is 2. The molecule has 3 nitrogen and oxygen atoms in total. The lowest BCUT2D eigenvalue weighted by atomic mass is 10.00. The minimum absolute atomic E-state index is 0.00842. The van der Waals surface area contributed by atoms with Gasteiger partial charge in [0.05, 0.1) is 7.11 Å². The van der Waals surface area contributed by atoms with E-state index in [-0.39, 0.29) is 12.1 Å². The number of para-hydroxylation sites is 1. The Hall–Kier alpha value is -1.84. The molecular weight excluding hydrogens is 260 g/mol.